The van der Waals surface area contributed by atoms with Gasteiger partial charge in [0, 0.05) is 12.3 Å². The first-order chi connectivity index (χ1) is 8.65. The molecular formula is C13H19F2NO2. The quantitative estimate of drug-likeness (QED) is 0.575. The number of halogens is 2. The van der Waals surface area contributed by atoms with Crippen LogP contribution in [0.4, 0.5) is 14.5 Å². The third-order valence-corrected chi connectivity index (χ3v) is 2.40. The van der Waals surface area contributed by atoms with Gasteiger partial charge in [-0.2, -0.15) is 0 Å². The van der Waals surface area contributed by atoms with Crippen molar-refractivity contribution >= 4 is 5.69 Å². The van der Waals surface area contributed by atoms with Crippen molar-refractivity contribution in [3.63, 3.8) is 0 Å². The minimum atomic E-state index is -2.59. The van der Waals surface area contributed by atoms with Gasteiger partial charge in [0.05, 0.1) is 12.2 Å². The Bertz CT molecular complexity index is 359. The van der Waals surface area contributed by atoms with Crippen LogP contribution in [0.5, 0.6) is 5.75 Å². The van der Waals surface area contributed by atoms with E-state index in [1.54, 1.807) is 6.07 Å². The van der Waals surface area contributed by atoms with E-state index in [9.17, 15) is 8.78 Å². The molecule has 0 amide bonds. The van der Waals surface area contributed by atoms with Crippen molar-refractivity contribution in [1.29, 1.82) is 0 Å². The summed E-state index contributed by atoms with van der Waals surface area (Å²) in [7, 11) is 0. The van der Waals surface area contributed by atoms with Crippen LogP contribution >= 0.6 is 0 Å². The molecule has 0 aliphatic heterocycles. The van der Waals surface area contributed by atoms with Gasteiger partial charge in [0.25, 0.3) is 6.43 Å². The van der Waals surface area contributed by atoms with Crippen molar-refractivity contribution < 1.29 is 18.3 Å². The summed E-state index contributed by atoms with van der Waals surface area (Å²) >= 11 is 0. The van der Waals surface area contributed by atoms with Crippen molar-refractivity contribution in [3.05, 3.63) is 23.8 Å². The van der Waals surface area contributed by atoms with Gasteiger partial charge in [-0.05, 0) is 24.6 Å². The van der Waals surface area contributed by atoms with E-state index in [0.717, 1.165) is 12.8 Å². The zero-order valence-electron chi connectivity index (χ0n) is 10.5. The number of hydrogen-bond acceptors (Lipinski definition) is 3. The number of nitrogen functional groups attached to an aromatic ring is 1. The topological polar surface area (TPSA) is 44.5 Å². The molecule has 2 N–H and O–H groups in total. The van der Waals surface area contributed by atoms with E-state index < -0.39 is 6.43 Å². The van der Waals surface area contributed by atoms with Crippen LogP contribution in [-0.4, -0.2) is 19.8 Å². The minimum Gasteiger partial charge on any atom is -0.491 e. The third kappa shape index (κ3) is 4.87. The predicted octanol–water partition coefficient (Wildman–Crippen LogP) is 3.40. The lowest BCUT2D eigenvalue weighted by Crippen LogP contribution is -2.09. The molecule has 0 heterocycles. The van der Waals surface area contributed by atoms with Gasteiger partial charge in [-0.1, -0.05) is 13.3 Å². The van der Waals surface area contributed by atoms with E-state index in [1.165, 1.54) is 12.1 Å². The fourth-order valence-electron chi connectivity index (χ4n) is 1.43. The average Bonchev–Trinajstić information content (AvgIpc) is 2.35. The molecule has 1 rings (SSSR count). The Kier molecular flexibility index (Phi) is 6.43. The van der Waals surface area contributed by atoms with Gasteiger partial charge in [0.1, 0.15) is 12.4 Å². The highest BCUT2D eigenvalue weighted by Crippen LogP contribution is 2.30. The molecule has 1 aromatic carbocycles. The number of alkyl halides is 2. The highest BCUT2D eigenvalue weighted by Gasteiger charge is 2.14. The van der Waals surface area contributed by atoms with E-state index in [0.29, 0.717) is 18.9 Å². The summed E-state index contributed by atoms with van der Waals surface area (Å²) in [5, 5.41) is 0. The second kappa shape index (κ2) is 7.87. The maximum atomic E-state index is 12.7. The Morgan fingerprint density at radius 2 is 2.00 bits per heavy atom. The molecule has 0 aromatic heterocycles. The van der Waals surface area contributed by atoms with Gasteiger partial charge in [0.2, 0.25) is 0 Å². The molecule has 0 aliphatic carbocycles. The van der Waals surface area contributed by atoms with Crippen molar-refractivity contribution in [1.82, 2.24) is 0 Å². The number of nitrogens with two attached hydrogens (primary N) is 1. The van der Waals surface area contributed by atoms with Crippen LogP contribution in [-0.2, 0) is 4.74 Å². The zero-order valence-corrected chi connectivity index (χ0v) is 10.5. The second-order valence-electron chi connectivity index (χ2n) is 3.91. The highest BCUT2D eigenvalue weighted by molar-refractivity contribution is 5.48. The maximum Gasteiger partial charge on any atom is 0.267 e. The predicted molar refractivity (Wildman–Crippen MR) is 67.0 cm³/mol. The first kappa shape index (κ1) is 14.7. The maximum absolute atomic E-state index is 12.7. The van der Waals surface area contributed by atoms with Crippen LogP contribution < -0.4 is 10.5 Å². The monoisotopic (exact) mass is 259 g/mol. The molecule has 102 valence electrons. The van der Waals surface area contributed by atoms with Gasteiger partial charge < -0.3 is 15.2 Å². The lowest BCUT2D eigenvalue weighted by Gasteiger charge is -2.11. The van der Waals surface area contributed by atoms with Crippen molar-refractivity contribution in [2.75, 3.05) is 25.6 Å². The van der Waals surface area contributed by atoms with Crippen LogP contribution in [0.25, 0.3) is 0 Å². The molecule has 0 bridgehead atoms. The smallest absolute Gasteiger partial charge is 0.267 e. The SMILES string of the molecule is CCCCOCCOc1ccc(N)cc1C(F)F. The Balaban J connectivity index is 2.42. The van der Waals surface area contributed by atoms with E-state index in [-0.39, 0.29) is 17.9 Å². The fraction of sp³-hybridized carbons (Fsp3) is 0.538. The van der Waals surface area contributed by atoms with Crippen LogP contribution in [0.3, 0.4) is 0 Å². The number of anilines is 1. The summed E-state index contributed by atoms with van der Waals surface area (Å²) < 4.78 is 36.0. The van der Waals surface area contributed by atoms with Gasteiger partial charge in [0.15, 0.2) is 0 Å². The third-order valence-electron chi connectivity index (χ3n) is 2.40. The summed E-state index contributed by atoms with van der Waals surface area (Å²) in [6.07, 6.45) is -0.539. The van der Waals surface area contributed by atoms with Gasteiger partial charge in [-0.3, -0.25) is 0 Å². The molecule has 0 saturated heterocycles. The Morgan fingerprint density at radius 1 is 1.22 bits per heavy atom. The summed E-state index contributed by atoms with van der Waals surface area (Å²) in [5.41, 5.74) is 5.59. The largest absolute Gasteiger partial charge is 0.491 e. The summed E-state index contributed by atoms with van der Waals surface area (Å²) in [6.45, 7) is 3.40. The summed E-state index contributed by atoms with van der Waals surface area (Å²) in [5.74, 6) is 0.165. The molecule has 0 aliphatic rings. The molecule has 1 aromatic rings. The molecule has 0 radical (unpaired) electrons. The highest BCUT2D eigenvalue weighted by atomic mass is 19.3. The Hall–Kier alpha value is -1.36. The Labute approximate surface area is 106 Å². The molecule has 5 heteroatoms. The van der Waals surface area contributed by atoms with Gasteiger partial charge in [-0.25, -0.2) is 8.78 Å². The first-order valence-electron chi connectivity index (χ1n) is 6.03. The van der Waals surface area contributed by atoms with E-state index >= 15 is 0 Å². The number of hydrogen-bond donors (Lipinski definition) is 1. The fourth-order valence-corrected chi connectivity index (χ4v) is 1.43. The Morgan fingerprint density at radius 3 is 2.67 bits per heavy atom. The average molecular weight is 259 g/mol. The van der Waals surface area contributed by atoms with Crippen LogP contribution in [0.1, 0.15) is 31.8 Å². The van der Waals surface area contributed by atoms with E-state index in [4.69, 9.17) is 15.2 Å². The molecule has 18 heavy (non-hydrogen) atoms. The normalized spacial score (nSPS) is 10.9. The molecule has 0 atom stereocenters. The summed E-state index contributed by atoms with van der Waals surface area (Å²) in [4.78, 5) is 0. The molecule has 0 unspecified atom stereocenters. The number of ether oxygens (including phenoxy) is 2. The molecular weight excluding hydrogens is 240 g/mol. The lowest BCUT2D eigenvalue weighted by molar-refractivity contribution is 0.0942. The first-order valence-corrected chi connectivity index (χ1v) is 6.03. The van der Waals surface area contributed by atoms with Gasteiger partial charge in [-0.15, -0.1) is 0 Å². The number of unbranched alkanes of at least 4 members (excludes halogenated alkanes) is 1. The van der Waals surface area contributed by atoms with Crippen molar-refractivity contribution in [2.45, 2.75) is 26.2 Å². The zero-order chi connectivity index (χ0) is 13.4. The van der Waals surface area contributed by atoms with Gasteiger partial charge >= 0.3 is 0 Å². The summed E-state index contributed by atoms with van der Waals surface area (Å²) in [6, 6.07) is 4.24. The molecule has 0 saturated carbocycles. The molecule has 0 spiro atoms. The van der Waals surface area contributed by atoms with E-state index in [1.807, 2.05) is 0 Å². The van der Waals surface area contributed by atoms with Crippen molar-refractivity contribution in [2.24, 2.45) is 0 Å². The minimum absolute atomic E-state index is 0.165. The molecule has 3 nitrogen and oxygen atoms in total. The van der Waals surface area contributed by atoms with Crippen molar-refractivity contribution in [3.8, 4) is 5.75 Å². The number of benzene rings is 1. The van der Waals surface area contributed by atoms with E-state index in [2.05, 4.69) is 6.92 Å². The van der Waals surface area contributed by atoms with Crippen LogP contribution in [0, 0.1) is 0 Å². The number of rotatable bonds is 8. The van der Waals surface area contributed by atoms with Crippen LogP contribution in [0.15, 0.2) is 18.2 Å². The standard InChI is InChI=1S/C13H19F2NO2/c1-2-3-6-17-7-8-18-12-5-4-10(16)9-11(12)13(14)15/h4-5,9,13H,2-3,6-8,16H2,1H3. The second-order valence-corrected chi connectivity index (χ2v) is 3.91. The lowest BCUT2D eigenvalue weighted by atomic mass is 10.2. The molecule has 0 fully saturated rings. The van der Waals surface area contributed by atoms with Crippen LogP contribution in [0.2, 0.25) is 0 Å².